The van der Waals surface area contributed by atoms with Gasteiger partial charge >= 0.3 is 0 Å². The second kappa shape index (κ2) is 5.62. The summed E-state index contributed by atoms with van der Waals surface area (Å²) in [6, 6.07) is 8.11. The number of alkyl halides is 1. The predicted molar refractivity (Wildman–Crippen MR) is 63.3 cm³/mol. The fourth-order valence-electron chi connectivity index (χ4n) is 1.15. The lowest BCUT2D eigenvalue weighted by molar-refractivity contribution is 1.27. The van der Waals surface area contributed by atoms with E-state index in [-0.39, 0.29) is 0 Å². The van der Waals surface area contributed by atoms with Gasteiger partial charge in [0.1, 0.15) is 0 Å². The van der Waals surface area contributed by atoms with Crippen molar-refractivity contribution in [3.05, 3.63) is 41.0 Å². The summed E-state index contributed by atoms with van der Waals surface area (Å²) in [6.45, 7) is 1.95. The van der Waals surface area contributed by atoms with Crippen LogP contribution >= 0.6 is 15.9 Å². The first kappa shape index (κ1) is 11.0. The average molecular weight is 250 g/mol. The number of aryl methyl sites for hydroxylation is 1. The van der Waals surface area contributed by atoms with Crippen LogP contribution in [-0.2, 0) is 0 Å². The lowest BCUT2D eigenvalue weighted by atomic mass is 10.1. The van der Waals surface area contributed by atoms with Crippen molar-refractivity contribution in [1.82, 2.24) is 0 Å². The molecule has 0 atom stereocenters. The number of allylic oxidation sites excluding steroid dienone is 1. The second-order valence-corrected chi connectivity index (χ2v) is 3.86. The van der Waals surface area contributed by atoms with Gasteiger partial charge in [-0.3, -0.25) is 0 Å². The number of halogens is 1. The minimum absolute atomic E-state index is 0.756. The quantitative estimate of drug-likeness (QED) is 0.751. The molecule has 0 amide bonds. The molecule has 0 heterocycles. The Morgan fingerprint density at radius 2 is 2.29 bits per heavy atom. The van der Waals surface area contributed by atoms with Crippen molar-refractivity contribution in [2.45, 2.75) is 13.3 Å². The van der Waals surface area contributed by atoms with Gasteiger partial charge in [-0.2, -0.15) is 5.26 Å². The molecular formula is C12H12BrN. The largest absolute Gasteiger partial charge is 0.192 e. The summed E-state index contributed by atoms with van der Waals surface area (Å²) in [5.41, 5.74) is 2.88. The van der Waals surface area contributed by atoms with E-state index in [0.29, 0.717) is 0 Å². The maximum atomic E-state index is 8.83. The Morgan fingerprint density at radius 1 is 1.50 bits per heavy atom. The van der Waals surface area contributed by atoms with Gasteiger partial charge in [0.25, 0.3) is 0 Å². The highest BCUT2D eigenvalue weighted by atomic mass is 79.9. The predicted octanol–water partition coefficient (Wildman–Crippen LogP) is 3.66. The number of rotatable bonds is 3. The van der Waals surface area contributed by atoms with Gasteiger partial charge in [-0.25, -0.2) is 0 Å². The van der Waals surface area contributed by atoms with E-state index in [2.05, 4.69) is 28.1 Å². The summed E-state index contributed by atoms with van der Waals surface area (Å²) in [7, 11) is 0. The van der Waals surface area contributed by atoms with Crippen LogP contribution in [0.2, 0.25) is 0 Å². The van der Waals surface area contributed by atoms with E-state index in [1.807, 2.05) is 31.2 Å². The first-order chi connectivity index (χ1) is 6.77. The van der Waals surface area contributed by atoms with Crippen LogP contribution in [0.1, 0.15) is 23.1 Å². The van der Waals surface area contributed by atoms with Gasteiger partial charge in [-0.15, -0.1) is 0 Å². The molecule has 0 bridgehead atoms. The fourth-order valence-corrected chi connectivity index (χ4v) is 1.41. The first-order valence-electron chi connectivity index (χ1n) is 4.51. The van der Waals surface area contributed by atoms with E-state index in [1.54, 1.807) is 0 Å². The third-order valence-corrected chi connectivity index (χ3v) is 2.43. The van der Waals surface area contributed by atoms with Crippen molar-refractivity contribution < 1.29 is 0 Å². The van der Waals surface area contributed by atoms with Crippen LogP contribution in [0.3, 0.4) is 0 Å². The third kappa shape index (κ3) is 3.01. The zero-order valence-electron chi connectivity index (χ0n) is 8.13. The van der Waals surface area contributed by atoms with Crippen molar-refractivity contribution in [2.24, 2.45) is 0 Å². The van der Waals surface area contributed by atoms with Crippen LogP contribution in [0.15, 0.2) is 24.3 Å². The summed E-state index contributed by atoms with van der Waals surface area (Å²) in [5, 5.41) is 9.81. The summed E-state index contributed by atoms with van der Waals surface area (Å²) in [4.78, 5) is 0. The molecule has 0 radical (unpaired) electrons. The fraction of sp³-hybridized carbons (Fsp3) is 0.250. The van der Waals surface area contributed by atoms with Gasteiger partial charge in [-0.05, 0) is 30.5 Å². The number of nitriles is 1. The van der Waals surface area contributed by atoms with Crippen molar-refractivity contribution in [3.8, 4) is 6.07 Å². The summed E-state index contributed by atoms with van der Waals surface area (Å²) < 4.78 is 0. The van der Waals surface area contributed by atoms with E-state index in [4.69, 9.17) is 5.26 Å². The van der Waals surface area contributed by atoms with Gasteiger partial charge in [-0.1, -0.05) is 40.2 Å². The topological polar surface area (TPSA) is 23.8 Å². The van der Waals surface area contributed by atoms with Crippen LogP contribution < -0.4 is 0 Å². The Kier molecular flexibility index (Phi) is 4.42. The highest BCUT2D eigenvalue weighted by Crippen LogP contribution is 2.11. The van der Waals surface area contributed by atoms with Crippen LogP contribution in [-0.4, -0.2) is 5.33 Å². The molecule has 2 heteroatoms. The number of hydrogen-bond donors (Lipinski definition) is 0. The third-order valence-electron chi connectivity index (χ3n) is 1.97. The molecule has 0 N–H and O–H groups in total. The molecule has 1 aromatic carbocycles. The molecule has 0 saturated carbocycles. The maximum Gasteiger partial charge on any atom is 0.0994 e. The van der Waals surface area contributed by atoms with Crippen molar-refractivity contribution in [3.63, 3.8) is 0 Å². The van der Waals surface area contributed by atoms with E-state index in [1.165, 1.54) is 0 Å². The van der Waals surface area contributed by atoms with Crippen molar-refractivity contribution in [2.75, 3.05) is 5.33 Å². The van der Waals surface area contributed by atoms with E-state index < -0.39 is 0 Å². The molecular weight excluding hydrogens is 238 g/mol. The maximum absolute atomic E-state index is 8.83. The minimum Gasteiger partial charge on any atom is -0.192 e. The average Bonchev–Trinajstić information content (AvgIpc) is 2.21. The second-order valence-electron chi connectivity index (χ2n) is 3.07. The Hall–Kier alpha value is -1.07. The molecule has 0 saturated heterocycles. The minimum atomic E-state index is 0.756. The molecule has 0 aliphatic rings. The molecule has 1 aromatic rings. The monoisotopic (exact) mass is 249 g/mol. The van der Waals surface area contributed by atoms with E-state index >= 15 is 0 Å². The Balaban J connectivity index is 2.86. The van der Waals surface area contributed by atoms with Gasteiger partial charge in [0.15, 0.2) is 0 Å². The number of benzene rings is 1. The Bertz CT molecular complexity index is 374. The zero-order chi connectivity index (χ0) is 10.4. The molecule has 0 fully saturated rings. The standard InChI is InChI=1S/C12H12BrN/c1-10-5-6-11(4-2-3-7-13)8-12(10)9-14/h2,4-6,8H,3,7H2,1H3. The first-order valence-corrected chi connectivity index (χ1v) is 5.63. The van der Waals surface area contributed by atoms with Crippen LogP contribution in [0.4, 0.5) is 0 Å². The van der Waals surface area contributed by atoms with Gasteiger partial charge in [0, 0.05) is 5.33 Å². The zero-order valence-corrected chi connectivity index (χ0v) is 9.71. The molecule has 0 spiro atoms. The molecule has 72 valence electrons. The molecule has 0 unspecified atom stereocenters. The smallest absolute Gasteiger partial charge is 0.0994 e. The van der Waals surface area contributed by atoms with E-state index in [9.17, 15) is 0 Å². The lowest BCUT2D eigenvalue weighted by Crippen LogP contribution is -1.82. The van der Waals surface area contributed by atoms with Crippen LogP contribution in [0, 0.1) is 18.3 Å². The summed E-state index contributed by atoms with van der Waals surface area (Å²) in [5.74, 6) is 0. The molecule has 1 nitrogen and oxygen atoms in total. The van der Waals surface area contributed by atoms with Crippen LogP contribution in [0.25, 0.3) is 6.08 Å². The molecule has 0 aliphatic carbocycles. The number of hydrogen-bond acceptors (Lipinski definition) is 1. The normalized spacial score (nSPS) is 10.4. The van der Waals surface area contributed by atoms with Gasteiger partial charge in [0.05, 0.1) is 11.6 Å². The molecule has 0 aromatic heterocycles. The lowest BCUT2D eigenvalue weighted by Gasteiger charge is -1.98. The van der Waals surface area contributed by atoms with Crippen LogP contribution in [0.5, 0.6) is 0 Å². The molecule has 14 heavy (non-hydrogen) atoms. The highest BCUT2D eigenvalue weighted by Gasteiger charge is 1.96. The molecule has 0 aliphatic heterocycles. The highest BCUT2D eigenvalue weighted by molar-refractivity contribution is 9.09. The van der Waals surface area contributed by atoms with Crippen molar-refractivity contribution >= 4 is 22.0 Å². The van der Waals surface area contributed by atoms with Crippen molar-refractivity contribution in [1.29, 1.82) is 5.26 Å². The van der Waals surface area contributed by atoms with Gasteiger partial charge in [0.2, 0.25) is 0 Å². The molecule has 1 rings (SSSR count). The summed E-state index contributed by atoms with van der Waals surface area (Å²) in [6.07, 6.45) is 5.15. The number of nitrogens with zero attached hydrogens (tertiary/aromatic N) is 1. The SMILES string of the molecule is Cc1ccc(C=CCCBr)cc1C#N. The summed E-state index contributed by atoms with van der Waals surface area (Å²) >= 11 is 3.36. The Labute approximate surface area is 93.2 Å². The Morgan fingerprint density at radius 3 is 2.93 bits per heavy atom. The van der Waals surface area contributed by atoms with Gasteiger partial charge < -0.3 is 0 Å². The van der Waals surface area contributed by atoms with E-state index in [0.717, 1.165) is 28.4 Å².